The van der Waals surface area contributed by atoms with Crippen LogP contribution in [-0.2, 0) is 4.52 Å². The Hall–Kier alpha value is -0.249. The minimum Gasteiger partial charge on any atom is -0.317 e. The first-order valence-corrected chi connectivity index (χ1v) is 19.9. The van der Waals surface area contributed by atoms with Crippen LogP contribution in [0.4, 0.5) is 13.2 Å². The van der Waals surface area contributed by atoms with E-state index in [0.29, 0.717) is 0 Å². The SMILES string of the molecule is C[Si](C)(C)C#CP(C#C[Si](C)(C)C)(=N[Si](C)(C)C)OCC(F)(F)F. The number of alkyl halides is 3. The summed E-state index contributed by atoms with van der Waals surface area (Å²) in [6.45, 7) is 16.8. The predicted molar refractivity (Wildman–Crippen MR) is 107 cm³/mol. The highest BCUT2D eigenvalue weighted by Crippen LogP contribution is 2.51. The van der Waals surface area contributed by atoms with Crippen molar-refractivity contribution in [2.75, 3.05) is 6.61 Å². The van der Waals surface area contributed by atoms with Gasteiger partial charge in [-0.15, -0.1) is 11.1 Å². The second-order valence-corrected chi connectivity index (χ2v) is 25.2. The lowest BCUT2D eigenvalue weighted by molar-refractivity contribution is -0.151. The van der Waals surface area contributed by atoms with Crippen molar-refractivity contribution in [3.05, 3.63) is 0 Å². The number of halogens is 3. The van der Waals surface area contributed by atoms with Crippen molar-refractivity contribution in [2.45, 2.75) is 65.1 Å². The molecule has 0 unspecified atom stereocenters. The topological polar surface area (TPSA) is 21.6 Å². The van der Waals surface area contributed by atoms with Gasteiger partial charge in [-0.05, 0) is 31.0 Å². The highest BCUT2D eigenvalue weighted by Gasteiger charge is 2.33. The molecule has 0 aromatic rings. The maximum atomic E-state index is 12.8. The van der Waals surface area contributed by atoms with E-state index in [9.17, 15) is 13.2 Å². The van der Waals surface area contributed by atoms with Crippen molar-refractivity contribution in [3.63, 3.8) is 0 Å². The fourth-order valence-corrected chi connectivity index (χ4v) is 9.67. The third-order valence-corrected chi connectivity index (χ3v) is 9.05. The van der Waals surface area contributed by atoms with Gasteiger partial charge in [0.1, 0.15) is 16.1 Å². The van der Waals surface area contributed by atoms with Gasteiger partial charge in [-0.25, -0.2) is 0 Å². The second kappa shape index (κ2) is 7.97. The van der Waals surface area contributed by atoms with Crippen molar-refractivity contribution in [3.8, 4) is 22.4 Å². The minimum absolute atomic E-state index is 1.35. The summed E-state index contributed by atoms with van der Waals surface area (Å²) in [5.74, 6) is 0. The standard InChI is InChI=1S/C15H29F3NOPSi3/c1-22(2,3)12-10-21(19-24(7,8)9,11-13-23(4,5)6)20-14-15(16,17)18/h14H2,1-9H3. The molecule has 24 heavy (non-hydrogen) atoms. The van der Waals surface area contributed by atoms with Crippen LogP contribution in [-0.4, -0.2) is 37.2 Å². The molecule has 0 radical (unpaired) electrons. The van der Waals surface area contributed by atoms with E-state index in [4.69, 9.17) is 4.52 Å². The van der Waals surface area contributed by atoms with Gasteiger partial charge < -0.3 is 4.52 Å². The zero-order valence-electron chi connectivity index (χ0n) is 16.1. The molecule has 0 amide bonds. The van der Waals surface area contributed by atoms with Gasteiger partial charge in [0.15, 0.2) is 14.8 Å². The Morgan fingerprint density at radius 2 is 1.21 bits per heavy atom. The van der Waals surface area contributed by atoms with Crippen LogP contribution in [0.15, 0.2) is 4.41 Å². The van der Waals surface area contributed by atoms with E-state index >= 15 is 0 Å². The van der Waals surface area contributed by atoms with E-state index in [0.717, 1.165) is 0 Å². The normalized spacial score (nSPS) is 13.5. The Balaban J connectivity index is 6.36. The molecule has 0 aliphatic rings. The molecule has 0 saturated heterocycles. The highest BCUT2D eigenvalue weighted by atomic mass is 31.2. The predicted octanol–water partition coefficient (Wildman–Crippen LogP) is 6.19. The van der Waals surface area contributed by atoms with Gasteiger partial charge in [-0.1, -0.05) is 39.3 Å². The lowest BCUT2D eigenvalue weighted by Gasteiger charge is -2.21. The molecule has 0 aromatic heterocycles. The molecule has 0 fully saturated rings. The number of hydrogen-bond donors (Lipinski definition) is 0. The van der Waals surface area contributed by atoms with Crippen LogP contribution in [0.3, 0.4) is 0 Å². The fraction of sp³-hybridized carbons (Fsp3) is 0.733. The molecule has 138 valence electrons. The van der Waals surface area contributed by atoms with E-state index in [1.165, 1.54) is 0 Å². The zero-order valence-corrected chi connectivity index (χ0v) is 20.0. The number of hydrogen-bond acceptors (Lipinski definition) is 2. The Bertz CT molecular complexity index is 582. The van der Waals surface area contributed by atoms with E-state index in [-0.39, 0.29) is 0 Å². The van der Waals surface area contributed by atoms with Gasteiger partial charge in [-0.2, -0.15) is 13.2 Å². The van der Waals surface area contributed by atoms with Gasteiger partial charge in [0.2, 0.25) is 7.28 Å². The molecule has 0 heterocycles. The summed E-state index contributed by atoms with van der Waals surface area (Å²) in [6.07, 6.45) is -4.41. The maximum absolute atomic E-state index is 12.8. The Labute approximate surface area is 148 Å². The van der Waals surface area contributed by atoms with Gasteiger partial charge in [-0.3, -0.25) is 4.41 Å². The van der Waals surface area contributed by atoms with Crippen LogP contribution in [0.5, 0.6) is 0 Å². The molecule has 0 saturated carbocycles. The van der Waals surface area contributed by atoms with Crippen molar-refractivity contribution in [1.29, 1.82) is 0 Å². The summed E-state index contributed by atoms with van der Waals surface area (Å²) in [6, 6.07) is 0. The maximum Gasteiger partial charge on any atom is 0.412 e. The summed E-state index contributed by atoms with van der Waals surface area (Å²) in [5, 5.41) is 0. The lowest BCUT2D eigenvalue weighted by Crippen LogP contribution is -2.21. The number of nitrogens with zero attached hydrogens (tertiary/aromatic N) is 1. The van der Waals surface area contributed by atoms with Crippen molar-refractivity contribution in [2.24, 2.45) is 4.41 Å². The molecule has 0 aromatic carbocycles. The second-order valence-electron chi connectivity index (χ2n) is 8.71. The molecule has 0 bridgehead atoms. The Morgan fingerprint density at radius 1 is 0.833 bits per heavy atom. The van der Waals surface area contributed by atoms with Gasteiger partial charge in [0, 0.05) is 0 Å². The molecular weight excluding hydrogens is 382 g/mol. The smallest absolute Gasteiger partial charge is 0.317 e. The first-order valence-electron chi connectivity index (χ1n) is 7.76. The number of rotatable bonds is 3. The monoisotopic (exact) mass is 411 g/mol. The lowest BCUT2D eigenvalue weighted by atomic mass is 10.7. The van der Waals surface area contributed by atoms with E-state index < -0.39 is 44.4 Å². The van der Waals surface area contributed by atoms with E-state index in [1.54, 1.807) is 0 Å². The molecule has 0 N–H and O–H groups in total. The van der Waals surface area contributed by atoms with Crippen LogP contribution >= 0.6 is 7.28 Å². The molecule has 0 rings (SSSR count). The Morgan fingerprint density at radius 3 is 1.46 bits per heavy atom. The third-order valence-electron chi connectivity index (χ3n) is 2.02. The quantitative estimate of drug-likeness (QED) is 0.308. The molecule has 9 heteroatoms. The van der Waals surface area contributed by atoms with Crippen LogP contribution in [0.1, 0.15) is 0 Å². The van der Waals surface area contributed by atoms with E-state index in [1.807, 2.05) is 58.9 Å². The molecule has 2 nitrogen and oxygen atoms in total. The highest BCUT2D eigenvalue weighted by molar-refractivity contribution is 7.72. The molecular formula is C15H29F3NOPSi3. The average Bonchev–Trinajstić information content (AvgIpc) is 2.26. The van der Waals surface area contributed by atoms with Gasteiger partial charge in [0.05, 0.1) is 0 Å². The van der Waals surface area contributed by atoms with Crippen LogP contribution in [0.2, 0.25) is 58.9 Å². The molecule has 0 aliphatic carbocycles. The molecule has 0 atom stereocenters. The summed E-state index contributed by atoms with van der Waals surface area (Å²) in [5.41, 5.74) is 12.3. The summed E-state index contributed by atoms with van der Waals surface area (Å²) in [4.78, 5) is 0. The Kier molecular flexibility index (Phi) is 7.89. The van der Waals surface area contributed by atoms with Crippen molar-refractivity contribution < 1.29 is 17.7 Å². The molecule has 0 spiro atoms. The largest absolute Gasteiger partial charge is 0.412 e. The summed E-state index contributed by atoms with van der Waals surface area (Å²) in [7, 11) is -8.74. The first kappa shape index (κ1) is 23.8. The average molecular weight is 412 g/mol. The summed E-state index contributed by atoms with van der Waals surface area (Å²) < 4.78 is 48.2. The van der Waals surface area contributed by atoms with Crippen LogP contribution in [0, 0.1) is 22.4 Å². The zero-order chi connectivity index (χ0) is 19.4. The van der Waals surface area contributed by atoms with Gasteiger partial charge in [0.25, 0.3) is 0 Å². The van der Waals surface area contributed by atoms with Crippen molar-refractivity contribution >= 4 is 31.7 Å². The first-order chi connectivity index (χ1) is 10.3. The van der Waals surface area contributed by atoms with E-state index in [2.05, 4.69) is 26.8 Å². The van der Waals surface area contributed by atoms with Crippen molar-refractivity contribution in [1.82, 2.24) is 0 Å². The van der Waals surface area contributed by atoms with Crippen LogP contribution in [0.25, 0.3) is 0 Å². The fourth-order valence-electron chi connectivity index (χ4n) is 1.25. The van der Waals surface area contributed by atoms with Gasteiger partial charge >= 0.3 is 6.18 Å². The third kappa shape index (κ3) is 13.1. The molecule has 0 aliphatic heterocycles. The van der Waals surface area contributed by atoms with Crippen LogP contribution < -0.4 is 0 Å². The summed E-state index contributed by atoms with van der Waals surface area (Å²) >= 11 is 0. The minimum atomic E-state index is -4.41.